The molecular weight excluding hydrogens is 238 g/mol. The lowest BCUT2D eigenvalue weighted by Crippen LogP contribution is -2.26. The lowest BCUT2D eigenvalue weighted by Gasteiger charge is -2.21. The molecule has 0 amide bonds. The first-order chi connectivity index (χ1) is 8.00. The van der Waals surface area contributed by atoms with Gasteiger partial charge in [-0.1, -0.05) is 11.6 Å². The van der Waals surface area contributed by atoms with Gasteiger partial charge in [0.2, 0.25) is 0 Å². The molecule has 17 heavy (non-hydrogen) atoms. The molecule has 0 aliphatic carbocycles. The predicted molar refractivity (Wildman–Crippen MR) is 68.1 cm³/mol. The largest absolute Gasteiger partial charge is 0.378 e. The monoisotopic (exact) mass is 257 g/mol. The molecule has 0 saturated carbocycles. The van der Waals surface area contributed by atoms with Crippen LogP contribution in [0.4, 0.5) is 0 Å². The zero-order chi connectivity index (χ0) is 12.6. The van der Waals surface area contributed by atoms with Crippen LogP contribution in [-0.4, -0.2) is 22.5 Å². The molecule has 2 heterocycles. The normalized spacial score (nSPS) is 26.7. The number of ether oxygens (including phenoxy) is 1. The van der Waals surface area contributed by atoms with Gasteiger partial charge in [-0.2, -0.15) is 5.10 Å². The van der Waals surface area contributed by atoms with Gasteiger partial charge in [-0.05, 0) is 27.2 Å². The van der Waals surface area contributed by atoms with Gasteiger partial charge in [0, 0.05) is 12.0 Å². The van der Waals surface area contributed by atoms with E-state index in [1.807, 2.05) is 4.68 Å². The van der Waals surface area contributed by atoms with E-state index in [1.165, 1.54) is 0 Å². The van der Waals surface area contributed by atoms with Crippen molar-refractivity contribution in [2.45, 2.75) is 45.4 Å². The van der Waals surface area contributed by atoms with Crippen LogP contribution >= 0.6 is 11.6 Å². The Bertz CT molecular complexity index is 391. The zero-order valence-corrected chi connectivity index (χ0v) is 11.3. The standard InChI is InChI=1S/C12H20ClN3O/c1-7(2)16-12(10(13)5-15-16)11(14)9-4-8(3)17-6-9/h5,7-9,11H,4,6,14H2,1-3H3. The van der Waals surface area contributed by atoms with Gasteiger partial charge in [0.05, 0.1) is 35.7 Å². The van der Waals surface area contributed by atoms with Gasteiger partial charge in [-0.3, -0.25) is 4.68 Å². The van der Waals surface area contributed by atoms with Crippen LogP contribution in [0.2, 0.25) is 5.02 Å². The second-order valence-electron chi connectivity index (χ2n) is 5.08. The van der Waals surface area contributed by atoms with E-state index in [0.29, 0.717) is 23.7 Å². The summed E-state index contributed by atoms with van der Waals surface area (Å²) in [5.74, 6) is 0.330. The third kappa shape index (κ3) is 2.49. The first-order valence-electron chi connectivity index (χ1n) is 6.10. The quantitative estimate of drug-likeness (QED) is 0.905. The van der Waals surface area contributed by atoms with E-state index in [-0.39, 0.29) is 12.1 Å². The number of halogens is 1. The number of hydrogen-bond acceptors (Lipinski definition) is 3. The Balaban J connectivity index is 2.24. The van der Waals surface area contributed by atoms with Gasteiger partial charge in [-0.15, -0.1) is 0 Å². The summed E-state index contributed by atoms with van der Waals surface area (Å²) < 4.78 is 7.48. The Morgan fingerprint density at radius 3 is 2.82 bits per heavy atom. The van der Waals surface area contributed by atoms with Crippen LogP contribution in [0.25, 0.3) is 0 Å². The molecule has 2 rings (SSSR count). The van der Waals surface area contributed by atoms with Gasteiger partial charge in [-0.25, -0.2) is 0 Å². The summed E-state index contributed by atoms with van der Waals surface area (Å²) in [6.45, 7) is 6.94. The minimum Gasteiger partial charge on any atom is -0.378 e. The van der Waals surface area contributed by atoms with Crippen molar-refractivity contribution in [1.82, 2.24) is 9.78 Å². The predicted octanol–water partition coefficient (Wildman–Crippen LogP) is 2.54. The SMILES string of the molecule is CC1CC(C(N)c2c(Cl)cnn2C(C)C)CO1. The van der Waals surface area contributed by atoms with Crippen molar-refractivity contribution in [2.24, 2.45) is 11.7 Å². The molecule has 1 aromatic heterocycles. The van der Waals surface area contributed by atoms with E-state index in [0.717, 1.165) is 12.1 Å². The average molecular weight is 258 g/mol. The molecule has 96 valence electrons. The van der Waals surface area contributed by atoms with E-state index in [2.05, 4.69) is 25.9 Å². The molecule has 0 spiro atoms. The number of aromatic nitrogens is 2. The minimum atomic E-state index is -0.0997. The average Bonchev–Trinajstić information content (AvgIpc) is 2.83. The van der Waals surface area contributed by atoms with Crippen LogP contribution in [0.1, 0.15) is 45.0 Å². The number of nitrogens with two attached hydrogens (primary N) is 1. The van der Waals surface area contributed by atoms with Gasteiger partial charge < -0.3 is 10.5 Å². The van der Waals surface area contributed by atoms with Gasteiger partial charge in [0.15, 0.2) is 0 Å². The van der Waals surface area contributed by atoms with Crippen LogP contribution < -0.4 is 5.73 Å². The number of hydrogen-bond donors (Lipinski definition) is 1. The highest BCUT2D eigenvalue weighted by molar-refractivity contribution is 6.31. The molecule has 4 nitrogen and oxygen atoms in total. The molecule has 2 N–H and O–H groups in total. The van der Waals surface area contributed by atoms with E-state index in [1.54, 1.807) is 6.20 Å². The van der Waals surface area contributed by atoms with Crippen molar-refractivity contribution in [1.29, 1.82) is 0 Å². The lowest BCUT2D eigenvalue weighted by atomic mass is 9.95. The Hall–Kier alpha value is -0.580. The molecule has 1 aliphatic rings. The second kappa shape index (κ2) is 4.96. The Morgan fingerprint density at radius 1 is 1.59 bits per heavy atom. The minimum absolute atomic E-state index is 0.0997. The summed E-state index contributed by atoms with van der Waals surface area (Å²) in [5.41, 5.74) is 7.26. The molecule has 3 atom stereocenters. The smallest absolute Gasteiger partial charge is 0.0834 e. The van der Waals surface area contributed by atoms with Crippen LogP contribution in [0.3, 0.4) is 0 Å². The lowest BCUT2D eigenvalue weighted by molar-refractivity contribution is 0.118. The van der Waals surface area contributed by atoms with E-state index >= 15 is 0 Å². The molecule has 3 unspecified atom stereocenters. The van der Waals surface area contributed by atoms with Gasteiger partial charge in [0.1, 0.15) is 0 Å². The Kier molecular flexibility index (Phi) is 3.76. The summed E-state index contributed by atoms with van der Waals surface area (Å²) in [6, 6.07) is 0.167. The molecule has 0 radical (unpaired) electrons. The van der Waals surface area contributed by atoms with E-state index in [9.17, 15) is 0 Å². The molecule has 5 heteroatoms. The van der Waals surface area contributed by atoms with Crippen molar-refractivity contribution in [3.05, 3.63) is 16.9 Å². The Labute approximate surface area is 107 Å². The molecule has 1 fully saturated rings. The van der Waals surface area contributed by atoms with Crippen LogP contribution in [0.5, 0.6) is 0 Å². The summed E-state index contributed by atoms with van der Waals surface area (Å²) in [4.78, 5) is 0. The summed E-state index contributed by atoms with van der Waals surface area (Å²) >= 11 is 6.19. The highest BCUT2D eigenvalue weighted by Crippen LogP contribution is 2.34. The third-order valence-corrected chi connectivity index (χ3v) is 3.62. The molecule has 0 aromatic carbocycles. The van der Waals surface area contributed by atoms with E-state index in [4.69, 9.17) is 22.1 Å². The van der Waals surface area contributed by atoms with Gasteiger partial charge in [0.25, 0.3) is 0 Å². The van der Waals surface area contributed by atoms with Crippen LogP contribution in [0.15, 0.2) is 6.20 Å². The zero-order valence-electron chi connectivity index (χ0n) is 10.6. The van der Waals surface area contributed by atoms with Crippen molar-refractivity contribution in [3.63, 3.8) is 0 Å². The molecule has 1 aliphatic heterocycles. The Morgan fingerprint density at radius 2 is 2.29 bits per heavy atom. The highest BCUT2D eigenvalue weighted by Gasteiger charge is 2.31. The topological polar surface area (TPSA) is 53.1 Å². The summed E-state index contributed by atoms with van der Waals surface area (Å²) in [5, 5.41) is 4.95. The van der Waals surface area contributed by atoms with E-state index < -0.39 is 0 Å². The fourth-order valence-corrected chi connectivity index (χ4v) is 2.65. The maximum absolute atomic E-state index is 6.32. The van der Waals surface area contributed by atoms with Crippen molar-refractivity contribution in [3.8, 4) is 0 Å². The van der Waals surface area contributed by atoms with Crippen LogP contribution in [0, 0.1) is 5.92 Å². The molecular formula is C12H20ClN3O. The maximum Gasteiger partial charge on any atom is 0.0834 e. The second-order valence-corrected chi connectivity index (χ2v) is 5.49. The molecule has 0 bridgehead atoms. The molecule has 1 aromatic rings. The molecule has 1 saturated heterocycles. The third-order valence-electron chi connectivity index (χ3n) is 3.33. The highest BCUT2D eigenvalue weighted by atomic mass is 35.5. The maximum atomic E-state index is 6.32. The first-order valence-corrected chi connectivity index (χ1v) is 6.48. The fourth-order valence-electron chi connectivity index (χ4n) is 2.40. The van der Waals surface area contributed by atoms with Crippen molar-refractivity contribution < 1.29 is 4.74 Å². The number of rotatable bonds is 3. The summed E-state index contributed by atoms with van der Waals surface area (Å²) in [7, 11) is 0. The van der Waals surface area contributed by atoms with Gasteiger partial charge >= 0.3 is 0 Å². The summed E-state index contributed by atoms with van der Waals surface area (Å²) in [6.07, 6.45) is 2.96. The fraction of sp³-hybridized carbons (Fsp3) is 0.750. The van der Waals surface area contributed by atoms with Crippen LogP contribution in [-0.2, 0) is 4.74 Å². The first kappa shape index (κ1) is 12.9. The number of nitrogens with zero attached hydrogens (tertiary/aromatic N) is 2. The van der Waals surface area contributed by atoms with Crippen molar-refractivity contribution >= 4 is 11.6 Å². The van der Waals surface area contributed by atoms with Crippen molar-refractivity contribution in [2.75, 3.05) is 6.61 Å².